The van der Waals surface area contributed by atoms with Crippen LogP contribution in [-0.4, -0.2) is 5.11 Å². The summed E-state index contributed by atoms with van der Waals surface area (Å²) in [6.07, 6.45) is 3.65. The van der Waals surface area contributed by atoms with E-state index in [4.69, 9.17) is 0 Å². The number of allylic oxidation sites excluding steroid dienone is 2. The standard InChI is InChI=1S/C42H33NO/c1-3-12-30(2)42(44)40-18-11-10-17-38(40)39-28-27-37(29-41(39)42)43(35-23-19-33(20-24-35)31-13-6-4-7-14-31)36-25-21-34(22-26-36)32-15-8-5-9-16-32/h3-29,44H,1H2,2H3/b30-12+. The zero-order chi connectivity index (χ0) is 30.1. The third kappa shape index (κ3) is 4.66. The Morgan fingerprint density at radius 1 is 0.545 bits per heavy atom. The topological polar surface area (TPSA) is 23.5 Å². The fourth-order valence-corrected chi connectivity index (χ4v) is 6.42. The normalized spacial score (nSPS) is 15.4. The maximum Gasteiger partial charge on any atom is 0.137 e. The molecule has 0 radical (unpaired) electrons. The van der Waals surface area contributed by atoms with Crippen LogP contribution in [0.2, 0.25) is 0 Å². The van der Waals surface area contributed by atoms with Gasteiger partial charge in [0.1, 0.15) is 5.60 Å². The van der Waals surface area contributed by atoms with E-state index in [1.54, 1.807) is 6.08 Å². The Labute approximate surface area is 259 Å². The molecule has 1 aliphatic rings. The van der Waals surface area contributed by atoms with Gasteiger partial charge in [-0.2, -0.15) is 0 Å². The van der Waals surface area contributed by atoms with Crippen LogP contribution in [0.25, 0.3) is 33.4 Å². The van der Waals surface area contributed by atoms with Gasteiger partial charge in [-0.05, 0) is 82.3 Å². The van der Waals surface area contributed by atoms with E-state index in [0.29, 0.717) is 0 Å². The van der Waals surface area contributed by atoms with Gasteiger partial charge >= 0.3 is 0 Å². The minimum absolute atomic E-state index is 0.835. The number of anilines is 3. The minimum atomic E-state index is -1.25. The van der Waals surface area contributed by atoms with E-state index in [1.807, 2.05) is 43.3 Å². The fourth-order valence-electron chi connectivity index (χ4n) is 6.42. The van der Waals surface area contributed by atoms with Crippen molar-refractivity contribution in [1.82, 2.24) is 0 Å². The molecule has 0 aliphatic heterocycles. The molecule has 0 heterocycles. The van der Waals surface area contributed by atoms with E-state index in [9.17, 15) is 5.11 Å². The number of hydrogen-bond acceptors (Lipinski definition) is 2. The van der Waals surface area contributed by atoms with E-state index in [1.165, 1.54) is 11.1 Å². The molecule has 0 spiro atoms. The number of aliphatic hydroxyl groups is 1. The quantitative estimate of drug-likeness (QED) is 0.194. The van der Waals surface area contributed by atoms with Crippen LogP contribution in [0, 0.1) is 0 Å². The Balaban J connectivity index is 1.38. The molecule has 0 aromatic heterocycles. The molecule has 2 heteroatoms. The lowest BCUT2D eigenvalue weighted by Gasteiger charge is -2.30. The highest BCUT2D eigenvalue weighted by Crippen LogP contribution is 2.52. The van der Waals surface area contributed by atoms with Crippen LogP contribution in [-0.2, 0) is 5.60 Å². The first-order valence-electron chi connectivity index (χ1n) is 15.0. The summed E-state index contributed by atoms with van der Waals surface area (Å²) in [5.41, 5.74) is 11.2. The third-order valence-electron chi connectivity index (χ3n) is 8.66. The first kappa shape index (κ1) is 27.4. The van der Waals surface area contributed by atoms with Crippen molar-refractivity contribution in [3.63, 3.8) is 0 Å². The second kappa shape index (κ2) is 11.3. The first-order valence-corrected chi connectivity index (χ1v) is 15.0. The van der Waals surface area contributed by atoms with E-state index in [2.05, 4.69) is 133 Å². The van der Waals surface area contributed by atoms with Gasteiger partial charge in [0, 0.05) is 28.2 Å². The van der Waals surface area contributed by atoms with E-state index >= 15 is 0 Å². The van der Waals surface area contributed by atoms with Crippen LogP contribution in [0.5, 0.6) is 0 Å². The van der Waals surface area contributed by atoms with Crippen molar-refractivity contribution < 1.29 is 5.11 Å². The van der Waals surface area contributed by atoms with E-state index in [-0.39, 0.29) is 0 Å². The van der Waals surface area contributed by atoms with Gasteiger partial charge in [0.05, 0.1) is 0 Å². The van der Waals surface area contributed by atoms with Crippen molar-refractivity contribution >= 4 is 17.1 Å². The molecule has 6 aromatic rings. The molecule has 6 aromatic carbocycles. The lowest BCUT2D eigenvalue weighted by molar-refractivity contribution is 0.126. The van der Waals surface area contributed by atoms with Crippen LogP contribution >= 0.6 is 0 Å². The highest BCUT2D eigenvalue weighted by atomic mass is 16.3. The maximum absolute atomic E-state index is 12.4. The van der Waals surface area contributed by atoms with Gasteiger partial charge in [-0.25, -0.2) is 0 Å². The number of fused-ring (bicyclic) bond motifs is 3. The van der Waals surface area contributed by atoms with Crippen LogP contribution in [0.3, 0.4) is 0 Å². The second-order valence-electron chi connectivity index (χ2n) is 11.2. The summed E-state index contributed by atoms with van der Waals surface area (Å²) in [5, 5.41) is 12.4. The summed E-state index contributed by atoms with van der Waals surface area (Å²) in [6.45, 7) is 5.88. The molecule has 44 heavy (non-hydrogen) atoms. The van der Waals surface area contributed by atoms with Crippen molar-refractivity contribution in [3.8, 4) is 33.4 Å². The van der Waals surface area contributed by atoms with E-state index in [0.717, 1.165) is 56.0 Å². The van der Waals surface area contributed by atoms with Gasteiger partial charge in [-0.15, -0.1) is 0 Å². The number of hydrogen-bond donors (Lipinski definition) is 1. The molecule has 0 amide bonds. The summed E-state index contributed by atoms with van der Waals surface area (Å²) < 4.78 is 0. The molecule has 0 fully saturated rings. The molecule has 0 saturated carbocycles. The Bertz CT molecular complexity index is 1890. The predicted molar refractivity (Wildman–Crippen MR) is 184 cm³/mol. The summed E-state index contributed by atoms with van der Waals surface area (Å²) in [6, 6.07) is 52.8. The molecule has 1 N–H and O–H groups in total. The zero-order valence-corrected chi connectivity index (χ0v) is 24.7. The zero-order valence-electron chi connectivity index (χ0n) is 24.7. The Hall–Kier alpha value is -5.44. The molecule has 1 unspecified atom stereocenters. The average molecular weight is 568 g/mol. The number of benzene rings is 6. The summed E-state index contributed by atoms with van der Waals surface area (Å²) in [4.78, 5) is 2.26. The van der Waals surface area contributed by atoms with Crippen molar-refractivity contribution in [2.75, 3.05) is 4.90 Å². The van der Waals surface area contributed by atoms with Gasteiger partial charge in [0.15, 0.2) is 0 Å². The SMILES string of the molecule is C=C/C=C(\C)C1(O)c2ccccc2-c2ccc(N(c3ccc(-c4ccccc4)cc3)c3ccc(-c4ccccc4)cc3)cc21. The average Bonchev–Trinajstić information content (AvgIpc) is 3.35. The maximum atomic E-state index is 12.4. The second-order valence-corrected chi connectivity index (χ2v) is 11.2. The molecular formula is C42H33NO. The van der Waals surface area contributed by atoms with Gasteiger partial charge in [-0.3, -0.25) is 0 Å². The molecule has 1 aliphatic carbocycles. The minimum Gasteiger partial charge on any atom is -0.376 e. The van der Waals surface area contributed by atoms with Crippen LogP contribution < -0.4 is 4.90 Å². The largest absolute Gasteiger partial charge is 0.376 e. The molecule has 1 atom stereocenters. The van der Waals surface area contributed by atoms with Gasteiger partial charge in [-0.1, -0.05) is 134 Å². The Kier molecular flexibility index (Phi) is 7.06. The summed E-state index contributed by atoms with van der Waals surface area (Å²) in [5.74, 6) is 0. The first-order chi connectivity index (χ1) is 21.6. The lowest BCUT2D eigenvalue weighted by atomic mass is 9.84. The van der Waals surface area contributed by atoms with Crippen LogP contribution in [0.4, 0.5) is 17.1 Å². The van der Waals surface area contributed by atoms with Crippen LogP contribution in [0.15, 0.2) is 176 Å². The van der Waals surface area contributed by atoms with E-state index < -0.39 is 5.60 Å². The summed E-state index contributed by atoms with van der Waals surface area (Å²) in [7, 11) is 0. The third-order valence-corrected chi connectivity index (χ3v) is 8.66. The van der Waals surface area contributed by atoms with Crippen LogP contribution in [0.1, 0.15) is 18.1 Å². The van der Waals surface area contributed by atoms with Crippen molar-refractivity contribution in [1.29, 1.82) is 0 Å². The Morgan fingerprint density at radius 2 is 1.00 bits per heavy atom. The van der Waals surface area contributed by atoms with Gasteiger partial charge in [0.25, 0.3) is 0 Å². The van der Waals surface area contributed by atoms with Crippen molar-refractivity contribution in [2.45, 2.75) is 12.5 Å². The van der Waals surface area contributed by atoms with Crippen molar-refractivity contribution in [2.24, 2.45) is 0 Å². The fraction of sp³-hybridized carbons (Fsp3) is 0.0476. The van der Waals surface area contributed by atoms with Gasteiger partial charge < -0.3 is 10.0 Å². The highest BCUT2D eigenvalue weighted by Gasteiger charge is 2.43. The number of rotatable bonds is 7. The molecular weight excluding hydrogens is 534 g/mol. The van der Waals surface area contributed by atoms with Gasteiger partial charge in [0.2, 0.25) is 0 Å². The molecule has 7 rings (SSSR count). The Morgan fingerprint density at radius 3 is 1.55 bits per heavy atom. The smallest absolute Gasteiger partial charge is 0.137 e. The molecule has 2 nitrogen and oxygen atoms in total. The molecule has 212 valence electrons. The molecule has 0 bridgehead atoms. The van der Waals surface area contributed by atoms with Crippen molar-refractivity contribution in [3.05, 3.63) is 187 Å². The molecule has 0 saturated heterocycles. The lowest BCUT2D eigenvalue weighted by Crippen LogP contribution is -2.26. The monoisotopic (exact) mass is 567 g/mol. The predicted octanol–water partition coefficient (Wildman–Crippen LogP) is 10.8. The highest BCUT2D eigenvalue weighted by molar-refractivity contribution is 5.87. The number of nitrogens with zero attached hydrogens (tertiary/aromatic N) is 1. The summed E-state index contributed by atoms with van der Waals surface area (Å²) >= 11 is 0.